The lowest BCUT2D eigenvalue weighted by Gasteiger charge is -2.36. The first-order valence-corrected chi connectivity index (χ1v) is 8.94. The molecule has 8 heteroatoms. The fourth-order valence-electron chi connectivity index (χ4n) is 2.30. The number of rotatable bonds is 4. The zero-order valence-corrected chi connectivity index (χ0v) is 13.8. The molecule has 1 aliphatic heterocycles. The Hall–Kier alpha value is -0.540. The second kappa shape index (κ2) is 5.69. The van der Waals surface area contributed by atoms with Crippen molar-refractivity contribution in [3.05, 3.63) is 10.4 Å². The van der Waals surface area contributed by atoms with Gasteiger partial charge in [0.05, 0.1) is 5.01 Å². The first kappa shape index (κ1) is 15.8. The van der Waals surface area contributed by atoms with Gasteiger partial charge in [-0.15, -0.1) is 11.3 Å². The van der Waals surface area contributed by atoms with E-state index in [4.69, 9.17) is 5.73 Å². The molecule has 0 saturated carbocycles. The molecule has 1 saturated heterocycles. The van der Waals surface area contributed by atoms with Gasteiger partial charge in [0.25, 0.3) is 10.0 Å². The molecular formula is C12H22N4O2S2. The summed E-state index contributed by atoms with van der Waals surface area (Å²) < 4.78 is 26.4. The van der Waals surface area contributed by atoms with Crippen molar-refractivity contribution in [2.45, 2.75) is 31.3 Å². The molecule has 20 heavy (non-hydrogen) atoms. The van der Waals surface area contributed by atoms with E-state index in [2.05, 4.69) is 9.88 Å². The Bertz CT molecular complexity index is 554. The van der Waals surface area contributed by atoms with Crippen LogP contribution in [0.3, 0.4) is 0 Å². The third kappa shape index (κ3) is 3.76. The monoisotopic (exact) mass is 318 g/mol. The average Bonchev–Trinajstić information content (AvgIpc) is 2.75. The number of thiazole rings is 1. The lowest BCUT2D eigenvalue weighted by molar-refractivity contribution is 0.162. The number of nitrogens with two attached hydrogens (primary N) is 1. The molecule has 114 valence electrons. The zero-order valence-electron chi connectivity index (χ0n) is 12.2. The summed E-state index contributed by atoms with van der Waals surface area (Å²) in [6.07, 6.45) is 0. The topological polar surface area (TPSA) is 79.5 Å². The first-order valence-electron chi connectivity index (χ1n) is 6.62. The van der Waals surface area contributed by atoms with Crippen LogP contribution in [0.5, 0.6) is 0 Å². The van der Waals surface area contributed by atoms with E-state index in [1.54, 1.807) is 5.38 Å². The van der Waals surface area contributed by atoms with Crippen molar-refractivity contribution < 1.29 is 8.42 Å². The van der Waals surface area contributed by atoms with Crippen molar-refractivity contribution in [3.63, 3.8) is 0 Å². The highest BCUT2D eigenvalue weighted by Crippen LogP contribution is 2.20. The van der Waals surface area contributed by atoms with Crippen molar-refractivity contribution in [1.29, 1.82) is 0 Å². The Morgan fingerprint density at radius 3 is 2.40 bits per heavy atom. The van der Waals surface area contributed by atoms with Crippen molar-refractivity contribution >= 4 is 21.4 Å². The van der Waals surface area contributed by atoms with Gasteiger partial charge in [0, 0.05) is 43.6 Å². The Kier molecular flexibility index (Phi) is 4.50. The molecule has 0 amide bonds. The summed E-state index contributed by atoms with van der Waals surface area (Å²) in [6.45, 7) is 8.96. The molecule has 1 aromatic rings. The summed E-state index contributed by atoms with van der Waals surface area (Å²) in [4.78, 5) is 6.30. The molecule has 1 aromatic heterocycles. The van der Waals surface area contributed by atoms with E-state index in [1.807, 2.05) is 20.8 Å². The smallest absolute Gasteiger partial charge is 0.261 e. The van der Waals surface area contributed by atoms with E-state index in [9.17, 15) is 8.42 Å². The minimum Gasteiger partial charge on any atom is -0.324 e. The molecule has 0 radical (unpaired) electrons. The lowest BCUT2D eigenvalue weighted by Crippen LogP contribution is -2.54. The molecule has 0 aromatic carbocycles. The number of nitrogens with zero attached hydrogens (tertiary/aromatic N) is 3. The molecule has 0 bridgehead atoms. The van der Waals surface area contributed by atoms with E-state index in [-0.39, 0.29) is 10.6 Å². The molecule has 6 nitrogen and oxygen atoms in total. The van der Waals surface area contributed by atoms with Gasteiger partial charge < -0.3 is 5.73 Å². The van der Waals surface area contributed by atoms with E-state index >= 15 is 0 Å². The number of hydrogen-bond acceptors (Lipinski definition) is 6. The molecule has 0 spiro atoms. The van der Waals surface area contributed by atoms with Crippen molar-refractivity contribution in [2.24, 2.45) is 5.73 Å². The first-order chi connectivity index (χ1) is 9.18. The number of aromatic nitrogens is 1. The molecule has 2 N–H and O–H groups in total. The van der Waals surface area contributed by atoms with Crippen molar-refractivity contribution in [3.8, 4) is 0 Å². The zero-order chi connectivity index (χ0) is 15.0. The molecular weight excluding hydrogens is 296 g/mol. The van der Waals surface area contributed by atoms with Gasteiger partial charge in [-0.2, -0.15) is 4.31 Å². The molecule has 1 aliphatic rings. The highest BCUT2D eigenvalue weighted by molar-refractivity contribution is 7.89. The van der Waals surface area contributed by atoms with Crippen LogP contribution in [0, 0.1) is 6.92 Å². The van der Waals surface area contributed by atoms with Gasteiger partial charge in [0.1, 0.15) is 0 Å². The van der Waals surface area contributed by atoms with Gasteiger partial charge in [0.15, 0.2) is 5.03 Å². The van der Waals surface area contributed by atoms with Gasteiger partial charge in [-0.05, 0) is 20.8 Å². The highest BCUT2D eigenvalue weighted by atomic mass is 32.2. The van der Waals surface area contributed by atoms with E-state index in [0.29, 0.717) is 26.2 Å². The maximum Gasteiger partial charge on any atom is 0.261 e. The summed E-state index contributed by atoms with van der Waals surface area (Å²) in [5.74, 6) is 0. The molecule has 0 atom stereocenters. The Morgan fingerprint density at radius 2 is 1.95 bits per heavy atom. The normalized spacial score (nSPS) is 19.4. The molecule has 0 aliphatic carbocycles. The Balaban J connectivity index is 2.00. The summed E-state index contributed by atoms with van der Waals surface area (Å²) >= 11 is 1.36. The summed E-state index contributed by atoms with van der Waals surface area (Å²) in [5.41, 5.74) is 5.74. The second-order valence-electron chi connectivity index (χ2n) is 5.87. The van der Waals surface area contributed by atoms with Crippen molar-refractivity contribution in [1.82, 2.24) is 14.2 Å². The van der Waals surface area contributed by atoms with E-state index in [0.717, 1.165) is 11.6 Å². The van der Waals surface area contributed by atoms with Gasteiger partial charge in [0.2, 0.25) is 0 Å². The number of hydrogen-bond donors (Lipinski definition) is 1. The fraction of sp³-hybridized carbons (Fsp3) is 0.750. The van der Waals surface area contributed by atoms with Crippen LogP contribution in [0.4, 0.5) is 0 Å². The third-order valence-electron chi connectivity index (χ3n) is 3.16. The minimum atomic E-state index is -3.43. The molecule has 0 unspecified atom stereocenters. The van der Waals surface area contributed by atoms with Gasteiger partial charge in [-0.1, -0.05) is 0 Å². The highest BCUT2D eigenvalue weighted by Gasteiger charge is 2.31. The Morgan fingerprint density at radius 1 is 1.35 bits per heavy atom. The second-order valence-corrected chi connectivity index (χ2v) is 8.82. The SMILES string of the molecule is Cc1nc(S(=O)(=O)N2CCN(CC(C)(C)N)CC2)cs1. The van der Waals surface area contributed by atoms with Crippen LogP contribution < -0.4 is 5.73 Å². The standard InChI is InChI=1S/C12H22N4O2S2/c1-10-14-11(8-19-10)20(17,18)16-6-4-15(5-7-16)9-12(2,3)13/h8H,4-7,9,13H2,1-3H3. The fourth-order valence-corrected chi connectivity index (χ4v) is 4.62. The van der Waals surface area contributed by atoms with E-state index < -0.39 is 10.0 Å². The van der Waals surface area contributed by atoms with Crippen LogP contribution in [0.25, 0.3) is 0 Å². The number of piperazine rings is 1. The Labute approximate surface area is 124 Å². The van der Waals surface area contributed by atoms with E-state index in [1.165, 1.54) is 15.6 Å². The van der Waals surface area contributed by atoms with Crippen molar-refractivity contribution in [2.75, 3.05) is 32.7 Å². The van der Waals surface area contributed by atoms with Crippen LogP contribution in [0.2, 0.25) is 0 Å². The van der Waals surface area contributed by atoms with Crippen LogP contribution in [0.15, 0.2) is 10.4 Å². The van der Waals surface area contributed by atoms with Crippen LogP contribution in [0.1, 0.15) is 18.9 Å². The van der Waals surface area contributed by atoms with Gasteiger partial charge in [-0.3, -0.25) is 4.90 Å². The van der Waals surface area contributed by atoms with Crippen LogP contribution in [-0.4, -0.2) is 60.9 Å². The van der Waals surface area contributed by atoms with Crippen LogP contribution >= 0.6 is 11.3 Å². The number of aryl methyl sites for hydroxylation is 1. The average molecular weight is 318 g/mol. The van der Waals surface area contributed by atoms with Gasteiger partial charge >= 0.3 is 0 Å². The maximum absolute atomic E-state index is 12.4. The van der Waals surface area contributed by atoms with Gasteiger partial charge in [-0.25, -0.2) is 13.4 Å². The number of sulfonamides is 1. The predicted octanol–water partition coefficient (Wildman–Crippen LogP) is 0.495. The summed E-state index contributed by atoms with van der Waals surface area (Å²) in [6, 6.07) is 0. The molecule has 2 rings (SSSR count). The molecule has 1 fully saturated rings. The predicted molar refractivity (Wildman–Crippen MR) is 80.3 cm³/mol. The quantitative estimate of drug-likeness (QED) is 0.874. The molecule has 2 heterocycles. The van der Waals surface area contributed by atoms with Crippen LogP contribution in [-0.2, 0) is 10.0 Å². The summed E-state index contributed by atoms with van der Waals surface area (Å²) in [5, 5.41) is 2.56. The lowest BCUT2D eigenvalue weighted by atomic mass is 10.1. The summed E-state index contributed by atoms with van der Waals surface area (Å²) in [7, 11) is -3.43. The third-order valence-corrected chi connectivity index (χ3v) is 5.87. The largest absolute Gasteiger partial charge is 0.324 e. The minimum absolute atomic E-state index is 0.174. The maximum atomic E-state index is 12.4.